The lowest BCUT2D eigenvalue weighted by molar-refractivity contribution is -0.189. The summed E-state index contributed by atoms with van der Waals surface area (Å²) < 4.78 is 27.0. The first-order chi connectivity index (χ1) is 16.1. The second-order valence-corrected chi connectivity index (χ2v) is 7.95. The van der Waals surface area contributed by atoms with Gasteiger partial charge in [-0.05, 0) is 17.2 Å². The second kappa shape index (κ2) is 9.10. The van der Waals surface area contributed by atoms with Gasteiger partial charge in [-0.25, -0.2) is 19.0 Å². The fraction of sp³-hybridized carbons (Fsp3) is 0.350. The van der Waals surface area contributed by atoms with Gasteiger partial charge in [0.2, 0.25) is 5.28 Å². The molecule has 1 aliphatic rings. The number of rotatable bonds is 8. The maximum Gasteiger partial charge on any atom is 0.348 e. The summed E-state index contributed by atoms with van der Waals surface area (Å²) in [6.45, 7) is -0.773. The highest BCUT2D eigenvalue weighted by Crippen LogP contribution is 2.35. The largest absolute Gasteiger partial charge is 0.479 e. The number of anilines is 1. The smallest absolute Gasteiger partial charge is 0.348 e. The maximum atomic E-state index is 14.9. The summed E-state index contributed by atoms with van der Waals surface area (Å²) in [4.78, 5) is 35.6. The Bertz CT molecular complexity index is 1210. The number of ether oxygens (including phenoxy) is 2. The van der Waals surface area contributed by atoms with Crippen molar-refractivity contribution in [2.45, 2.75) is 36.6 Å². The average molecular weight is 496 g/mol. The van der Waals surface area contributed by atoms with Crippen molar-refractivity contribution in [1.82, 2.24) is 19.5 Å². The number of nitrogens with zero attached hydrogens (tertiary/aromatic N) is 4. The third-order valence-electron chi connectivity index (χ3n) is 5.46. The SMILES string of the molecule is Nc1nc(Cl)nc2c1ncn2[C@@H]1O[C@H](COC(Cc2ccccc2)(C(=O)O)C(=O)O)[C@@H](F)[C@H]1O. The predicted molar refractivity (Wildman–Crippen MR) is 114 cm³/mol. The van der Waals surface area contributed by atoms with Gasteiger partial charge in [-0.3, -0.25) is 4.57 Å². The van der Waals surface area contributed by atoms with Gasteiger partial charge in [-0.2, -0.15) is 9.97 Å². The molecule has 14 heteroatoms. The van der Waals surface area contributed by atoms with E-state index in [0.717, 1.165) is 0 Å². The van der Waals surface area contributed by atoms with Crippen molar-refractivity contribution in [2.75, 3.05) is 12.3 Å². The number of aliphatic hydroxyl groups is 1. The summed E-state index contributed by atoms with van der Waals surface area (Å²) in [5.41, 5.74) is 3.65. The molecule has 1 saturated heterocycles. The zero-order valence-electron chi connectivity index (χ0n) is 17.3. The van der Waals surface area contributed by atoms with Gasteiger partial charge in [0.1, 0.15) is 17.7 Å². The highest BCUT2D eigenvalue weighted by atomic mass is 35.5. The number of alkyl halides is 1. The van der Waals surface area contributed by atoms with E-state index in [1.807, 2.05) is 0 Å². The number of nitrogen functional groups attached to an aromatic ring is 1. The van der Waals surface area contributed by atoms with E-state index >= 15 is 0 Å². The van der Waals surface area contributed by atoms with E-state index in [1.165, 1.54) is 23.0 Å². The molecule has 34 heavy (non-hydrogen) atoms. The third kappa shape index (κ3) is 4.14. The summed E-state index contributed by atoms with van der Waals surface area (Å²) in [5, 5.41) is 29.6. The van der Waals surface area contributed by atoms with Gasteiger partial charge in [0.05, 0.1) is 12.9 Å². The number of aliphatic carboxylic acids is 2. The minimum absolute atomic E-state index is 0.0356. The molecule has 0 unspecified atom stereocenters. The number of hydrogen-bond donors (Lipinski definition) is 4. The number of imidazole rings is 1. The number of fused-ring (bicyclic) bond motifs is 1. The van der Waals surface area contributed by atoms with Gasteiger partial charge in [0.15, 0.2) is 23.9 Å². The van der Waals surface area contributed by atoms with Gasteiger partial charge in [0, 0.05) is 6.42 Å². The lowest BCUT2D eigenvalue weighted by atomic mass is 9.94. The molecule has 5 N–H and O–H groups in total. The fourth-order valence-corrected chi connectivity index (χ4v) is 3.87. The molecular formula is C20H19ClFN5O7. The van der Waals surface area contributed by atoms with Crippen LogP contribution in [0.4, 0.5) is 10.2 Å². The second-order valence-electron chi connectivity index (χ2n) is 7.61. The number of carboxylic acid groups (broad SMARTS) is 2. The van der Waals surface area contributed by atoms with Crippen LogP contribution in [0.3, 0.4) is 0 Å². The number of benzene rings is 1. The van der Waals surface area contributed by atoms with Crippen LogP contribution in [0.25, 0.3) is 11.2 Å². The molecule has 4 atom stereocenters. The van der Waals surface area contributed by atoms with Crippen LogP contribution in [0.2, 0.25) is 5.28 Å². The van der Waals surface area contributed by atoms with Crippen LogP contribution >= 0.6 is 11.6 Å². The molecule has 0 aliphatic carbocycles. The minimum atomic E-state index is -2.70. The highest BCUT2D eigenvalue weighted by Gasteiger charge is 2.52. The Hall–Kier alpha value is -3.39. The monoisotopic (exact) mass is 495 g/mol. The first-order valence-corrected chi connectivity index (χ1v) is 10.3. The summed E-state index contributed by atoms with van der Waals surface area (Å²) in [7, 11) is 0. The van der Waals surface area contributed by atoms with Crippen LogP contribution in [0, 0.1) is 0 Å². The first-order valence-electron chi connectivity index (χ1n) is 9.92. The molecule has 1 aromatic carbocycles. The normalized spacial score (nSPS) is 22.8. The van der Waals surface area contributed by atoms with Gasteiger partial charge >= 0.3 is 11.9 Å². The molecule has 2 aromatic heterocycles. The van der Waals surface area contributed by atoms with Crippen LogP contribution in [0.1, 0.15) is 11.8 Å². The van der Waals surface area contributed by atoms with Crippen LogP contribution in [0.15, 0.2) is 36.7 Å². The van der Waals surface area contributed by atoms with Crippen molar-refractivity contribution in [2.24, 2.45) is 0 Å². The van der Waals surface area contributed by atoms with E-state index in [2.05, 4.69) is 15.0 Å². The Labute approximate surface area is 195 Å². The summed E-state index contributed by atoms with van der Waals surface area (Å²) in [6.07, 6.45) is -5.95. The third-order valence-corrected chi connectivity index (χ3v) is 5.63. The Morgan fingerprint density at radius 2 is 1.91 bits per heavy atom. The summed E-state index contributed by atoms with van der Waals surface area (Å²) >= 11 is 5.83. The van der Waals surface area contributed by atoms with Crippen LogP contribution in [0.5, 0.6) is 0 Å². The summed E-state index contributed by atoms with van der Waals surface area (Å²) in [6, 6.07) is 7.98. The quantitative estimate of drug-likeness (QED) is 0.256. The van der Waals surface area contributed by atoms with E-state index in [9.17, 15) is 29.3 Å². The molecule has 180 valence electrons. The molecule has 0 spiro atoms. The Morgan fingerprint density at radius 3 is 2.56 bits per heavy atom. The van der Waals surface area contributed by atoms with E-state index in [0.29, 0.717) is 5.56 Å². The van der Waals surface area contributed by atoms with Crippen molar-refractivity contribution in [1.29, 1.82) is 0 Å². The zero-order valence-corrected chi connectivity index (χ0v) is 18.0. The molecule has 0 radical (unpaired) electrons. The minimum Gasteiger partial charge on any atom is -0.479 e. The fourth-order valence-electron chi connectivity index (χ4n) is 3.70. The molecule has 1 fully saturated rings. The van der Waals surface area contributed by atoms with Gasteiger partial charge in [0.25, 0.3) is 5.60 Å². The number of carbonyl (C=O) groups is 2. The predicted octanol–water partition coefficient (Wildman–Crippen LogP) is 0.826. The first kappa shape index (κ1) is 23.8. The molecule has 0 bridgehead atoms. The summed E-state index contributed by atoms with van der Waals surface area (Å²) in [5.74, 6) is -3.57. The number of halogens is 2. The van der Waals surface area contributed by atoms with E-state index in [1.54, 1.807) is 18.2 Å². The number of hydrogen-bond acceptors (Lipinski definition) is 9. The maximum absolute atomic E-state index is 14.9. The van der Waals surface area contributed by atoms with E-state index in [-0.39, 0.29) is 22.3 Å². The number of carboxylic acids is 2. The van der Waals surface area contributed by atoms with Crippen molar-refractivity contribution in [3.05, 3.63) is 47.5 Å². The number of aliphatic hydroxyl groups excluding tert-OH is 1. The van der Waals surface area contributed by atoms with Gasteiger partial charge in [-0.15, -0.1) is 0 Å². The van der Waals surface area contributed by atoms with Gasteiger partial charge in [-0.1, -0.05) is 30.3 Å². The average Bonchev–Trinajstić information content (AvgIpc) is 3.33. The Balaban J connectivity index is 1.57. The van der Waals surface area contributed by atoms with Crippen molar-refractivity contribution < 1.29 is 38.8 Å². The van der Waals surface area contributed by atoms with Crippen molar-refractivity contribution >= 4 is 40.5 Å². The number of aromatic nitrogens is 4. The molecule has 0 amide bonds. The Kier molecular flexibility index (Phi) is 6.36. The number of nitrogens with two attached hydrogens (primary N) is 1. The van der Waals surface area contributed by atoms with E-state index in [4.69, 9.17) is 26.8 Å². The van der Waals surface area contributed by atoms with Crippen molar-refractivity contribution in [3.8, 4) is 0 Å². The molecule has 4 rings (SSSR count). The molecule has 12 nitrogen and oxygen atoms in total. The molecule has 0 saturated carbocycles. The van der Waals surface area contributed by atoms with Crippen LogP contribution in [-0.4, -0.2) is 77.4 Å². The molecular weight excluding hydrogens is 477 g/mol. The standard InChI is InChI=1S/C20H19ClFN5O7/c21-19-25-14(23)12-15(26-19)27(8-24-12)16-13(28)11(22)10(34-16)7-33-20(17(29)30,18(31)32)6-9-4-2-1-3-5-9/h1-5,8,10-11,13,16,28H,6-7H2,(H,29,30)(H,31,32)(H2,23,25,26)/t10-,11-,13-,16-/m1/s1. The Morgan fingerprint density at radius 1 is 1.24 bits per heavy atom. The topological polar surface area (TPSA) is 183 Å². The molecule has 3 heterocycles. The van der Waals surface area contributed by atoms with Crippen LogP contribution in [-0.2, 0) is 25.5 Å². The highest BCUT2D eigenvalue weighted by molar-refractivity contribution is 6.28. The molecule has 3 aromatic rings. The molecule has 1 aliphatic heterocycles. The lowest BCUT2D eigenvalue weighted by Gasteiger charge is -2.27. The van der Waals surface area contributed by atoms with Crippen LogP contribution < -0.4 is 5.73 Å². The van der Waals surface area contributed by atoms with Gasteiger partial charge < -0.3 is 30.5 Å². The van der Waals surface area contributed by atoms with Crippen molar-refractivity contribution in [3.63, 3.8) is 0 Å². The zero-order chi connectivity index (χ0) is 24.6. The van der Waals surface area contributed by atoms with E-state index < -0.39 is 55.2 Å². The lowest BCUT2D eigenvalue weighted by Crippen LogP contribution is -2.52.